The largest absolute Gasteiger partial charge is 1.00 e. The Hall–Kier alpha value is 0.320. The minimum absolute atomic E-state index is 0. The summed E-state index contributed by atoms with van der Waals surface area (Å²) in [5.74, 6) is 0.609. The van der Waals surface area contributed by atoms with Gasteiger partial charge in [-0.2, -0.15) is 0 Å². The number of hydrogen-bond acceptors (Lipinski definition) is 4. The van der Waals surface area contributed by atoms with E-state index in [1.807, 2.05) is 0 Å². The van der Waals surface area contributed by atoms with Crippen LogP contribution in [0.2, 0.25) is 0 Å². The Morgan fingerprint density at radius 3 is 2.00 bits per heavy atom. The molecule has 66 valence electrons. The number of hydrogen-bond donors (Lipinski definition) is 0. The summed E-state index contributed by atoms with van der Waals surface area (Å²) in [5, 5.41) is 0. The van der Waals surface area contributed by atoms with Gasteiger partial charge in [-0.3, -0.25) is 0 Å². The molecule has 3 nitrogen and oxygen atoms in total. The van der Waals surface area contributed by atoms with Crippen LogP contribution in [0, 0.1) is 0 Å². The zero-order chi connectivity index (χ0) is 9.19. The molecule has 1 rings (SSSR count). The van der Waals surface area contributed by atoms with E-state index in [0.717, 1.165) is 0 Å². The number of methoxy groups -OCH3 is 1. The minimum atomic E-state index is -3.50. The van der Waals surface area contributed by atoms with Crippen molar-refractivity contribution in [1.29, 1.82) is 0 Å². The Morgan fingerprint density at radius 2 is 1.69 bits per heavy atom. The van der Waals surface area contributed by atoms with Gasteiger partial charge in [0, 0.05) is 4.90 Å². The number of benzene rings is 1. The molecule has 1 aromatic carbocycles. The molecule has 0 aliphatic rings. The molecular formula is C7H7NaO3S2. The van der Waals surface area contributed by atoms with Crippen LogP contribution < -0.4 is 34.3 Å². The normalized spacial score (nSPS) is 10.3. The molecule has 0 atom stereocenters. The molecule has 0 heterocycles. The zero-order valence-corrected chi connectivity index (χ0v) is 11.0. The van der Waals surface area contributed by atoms with Crippen molar-refractivity contribution < 1.29 is 42.7 Å². The Kier molecular flexibility index (Phi) is 5.39. The van der Waals surface area contributed by atoms with E-state index in [4.69, 9.17) is 4.74 Å². The Morgan fingerprint density at radius 1 is 1.23 bits per heavy atom. The summed E-state index contributed by atoms with van der Waals surface area (Å²) in [6, 6.07) is 5.95. The van der Waals surface area contributed by atoms with Gasteiger partial charge in [0.2, 0.25) is 0 Å². The Bertz CT molecular complexity index is 358. The summed E-state index contributed by atoms with van der Waals surface area (Å²) >= 11 is 4.26. The third kappa shape index (κ3) is 3.91. The van der Waals surface area contributed by atoms with Crippen LogP contribution in [0.4, 0.5) is 0 Å². The first kappa shape index (κ1) is 13.3. The summed E-state index contributed by atoms with van der Waals surface area (Å²) in [6.07, 6.45) is 0. The molecule has 13 heavy (non-hydrogen) atoms. The molecule has 0 aliphatic carbocycles. The van der Waals surface area contributed by atoms with E-state index in [9.17, 15) is 8.42 Å². The van der Waals surface area contributed by atoms with Gasteiger partial charge in [0.05, 0.1) is 16.0 Å². The second-order valence-corrected chi connectivity index (χ2v) is 4.83. The van der Waals surface area contributed by atoms with Gasteiger partial charge in [0.15, 0.2) is 0 Å². The van der Waals surface area contributed by atoms with Gasteiger partial charge in [-0.25, -0.2) is 8.42 Å². The molecule has 0 saturated heterocycles. The Balaban J connectivity index is 0.00000144. The van der Waals surface area contributed by atoms with Gasteiger partial charge in [-0.05, 0) is 24.3 Å². The average Bonchev–Trinajstić information content (AvgIpc) is 2.03. The van der Waals surface area contributed by atoms with Crippen molar-refractivity contribution in [2.45, 2.75) is 4.90 Å². The molecule has 0 N–H and O–H groups in total. The standard InChI is InChI=1S/C7H8O3S2.Na/c1-10-6-2-4-7(5-3-6)12(8,9)11;/h2-5H,1H3,(H,8,9,11);/q;+1/p-1. The molecule has 0 fully saturated rings. The van der Waals surface area contributed by atoms with Gasteiger partial charge >= 0.3 is 29.6 Å². The van der Waals surface area contributed by atoms with E-state index in [2.05, 4.69) is 11.7 Å². The van der Waals surface area contributed by atoms with Crippen LogP contribution in [0.15, 0.2) is 29.2 Å². The number of ether oxygens (including phenoxy) is 1. The van der Waals surface area contributed by atoms with Crippen LogP contribution in [0.25, 0.3) is 0 Å². The number of rotatable bonds is 2. The summed E-state index contributed by atoms with van der Waals surface area (Å²) < 4.78 is 26.5. The van der Waals surface area contributed by atoms with E-state index in [1.54, 1.807) is 12.1 Å². The van der Waals surface area contributed by atoms with Gasteiger partial charge in [-0.1, -0.05) is 0 Å². The fraction of sp³-hybridized carbons (Fsp3) is 0.143. The van der Waals surface area contributed by atoms with E-state index >= 15 is 0 Å². The summed E-state index contributed by atoms with van der Waals surface area (Å²) in [4.78, 5) is 0.123. The summed E-state index contributed by atoms with van der Waals surface area (Å²) in [6.45, 7) is 0. The maximum absolute atomic E-state index is 10.8. The van der Waals surface area contributed by atoms with E-state index in [0.29, 0.717) is 5.75 Å². The molecular weight excluding hydrogens is 219 g/mol. The molecule has 0 unspecified atom stereocenters. The van der Waals surface area contributed by atoms with Gasteiger partial charge < -0.3 is 16.4 Å². The van der Waals surface area contributed by atoms with E-state index < -0.39 is 8.87 Å². The summed E-state index contributed by atoms with van der Waals surface area (Å²) in [7, 11) is -1.99. The third-order valence-corrected chi connectivity index (χ3v) is 2.77. The van der Waals surface area contributed by atoms with Crippen LogP contribution in [0.5, 0.6) is 5.75 Å². The van der Waals surface area contributed by atoms with Crippen molar-refractivity contribution in [3.8, 4) is 5.75 Å². The van der Waals surface area contributed by atoms with Crippen LogP contribution in [-0.4, -0.2) is 15.5 Å². The third-order valence-electron chi connectivity index (χ3n) is 1.35. The van der Waals surface area contributed by atoms with Crippen molar-refractivity contribution in [3.05, 3.63) is 24.3 Å². The van der Waals surface area contributed by atoms with E-state index in [1.165, 1.54) is 19.2 Å². The van der Waals surface area contributed by atoms with Crippen LogP contribution in [0.3, 0.4) is 0 Å². The van der Waals surface area contributed by atoms with Crippen LogP contribution >= 0.6 is 0 Å². The quantitative estimate of drug-likeness (QED) is 0.330. The minimum Gasteiger partial charge on any atom is -0.644 e. The van der Waals surface area contributed by atoms with Crippen LogP contribution in [-0.2, 0) is 20.5 Å². The second-order valence-electron chi connectivity index (χ2n) is 2.13. The average molecular weight is 226 g/mol. The smallest absolute Gasteiger partial charge is 0.644 e. The maximum Gasteiger partial charge on any atom is 1.00 e. The first-order valence-corrected chi connectivity index (χ1v) is 5.55. The van der Waals surface area contributed by atoms with E-state index in [-0.39, 0.29) is 34.5 Å². The summed E-state index contributed by atoms with van der Waals surface area (Å²) in [5.41, 5.74) is 0. The predicted octanol–water partition coefficient (Wildman–Crippen LogP) is -2.07. The first-order chi connectivity index (χ1) is 5.54. The van der Waals surface area contributed by atoms with Crippen molar-refractivity contribution >= 4 is 20.5 Å². The van der Waals surface area contributed by atoms with Crippen LogP contribution in [0.1, 0.15) is 0 Å². The van der Waals surface area contributed by atoms with Crippen molar-refractivity contribution in [2.24, 2.45) is 0 Å². The SMILES string of the molecule is COc1ccc(S(=O)(=O)[S-])cc1.[Na+]. The molecule has 0 aromatic heterocycles. The molecule has 0 aliphatic heterocycles. The fourth-order valence-corrected chi connectivity index (χ4v) is 1.55. The molecule has 6 heteroatoms. The molecule has 0 spiro atoms. The molecule has 0 saturated carbocycles. The monoisotopic (exact) mass is 226 g/mol. The second kappa shape index (κ2) is 5.26. The van der Waals surface area contributed by atoms with Crippen molar-refractivity contribution in [3.63, 3.8) is 0 Å². The molecule has 1 aromatic rings. The Labute approximate surface area is 105 Å². The predicted molar refractivity (Wildman–Crippen MR) is 47.5 cm³/mol. The first-order valence-electron chi connectivity index (χ1n) is 3.14. The fourth-order valence-electron chi connectivity index (χ4n) is 0.742. The van der Waals surface area contributed by atoms with Gasteiger partial charge in [0.1, 0.15) is 5.75 Å². The molecule has 0 radical (unpaired) electrons. The molecule has 0 bridgehead atoms. The zero-order valence-electron chi connectivity index (χ0n) is 7.35. The van der Waals surface area contributed by atoms with Gasteiger partial charge in [0.25, 0.3) is 0 Å². The van der Waals surface area contributed by atoms with Crippen molar-refractivity contribution in [1.82, 2.24) is 0 Å². The molecule has 0 amide bonds. The topological polar surface area (TPSA) is 43.4 Å². The van der Waals surface area contributed by atoms with Crippen molar-refractivity contribution in [2.75, 3.05) is 7.11 Å². The maximum atomic E-state index is 10.8. The van der Waals surface area contributed by atoms with Gasteiger partial charge in [-0.15, -0.1) is 0 Å².